The topological polar surface area (TPSA) is 101 Å². The molecule has 1 heterocycles. The number of amides is 1. The lowest BCUT2D eigenvalue weighted by molar-refractivity contribution is 0.0958. The van der Waals surface area contributed by atoms with Crippen molar-refractivity contribution >= 4 is 38.7 Å². The van der Waals surface area contributed by atoms with E-state index in [1.54, 1.807) is 18.2 Å². The first-order valence-corrected chi connectivity index (χ1v) is 8.41. The van der Waals surface area contributed by atoms with Gasteiger partial charge in [0.15, 0.2) is 20.7 Å². The van der Waals surface area contributed by atoms with Gasteiger partial charge in [-0.05, 0) is 12.1 Å². The van der Waals surface area contributed by atoms with Gasteiger partial charge in [0, 0.05) is 19.4 Å². The number of carbonyl (C=O) groups excluding carboxylic acids is 1. The van der Waals surface area contributed by atoms with Crippen molar-refractivity contribution in [2.45, 2.75) is 4.90 Å². The molecule has 1 amide bonds. The molecule has 0 aliphatic heterocycles. The minimum absolute atomic E-state index is 0.00945. The molecule has 0 unspecified atom stereocenters. The van der Waals surface area contributed by atoms with Gasteiger partial charge in [-0.3, -0.25) is 4.79 Å². The molecule has 2 aromatic rings. The number of rotatable bonds is 4. The Morgan fingerprint density at radius 3 is 2.50 bits per heavy atom. The van der Waals surface area contributed by atoms with Crippen LogP contribution < -0.4 is 10.6 Å². The lowest BCUT2D eigenvalue weighted by Crippen LogP contribution is -2.21. The maximum atomic E-state index is 11.8. The summed E-state index contributed by atoms with van der Waals surface area (Å²) in [4.78, 5) is 11.9. The molecule has 0 aliphatic carbocycles. The van der Waals surface area contributed by atoms with Crippen LogP contribution in [0.4, 0.5) is 11.4 Å². The van der Waals surface area contributed by atoms with Gasteiger partial charge < -0.3 is 10.6 Å². The highest BCUT2D eigenvalue weighted by atomic mass is 35.5. The van der Waals surface area contributed by atoms with Crippen molar-refractivity contribution < 1.29 is 13.2 Å². The van der Waals surface area contributed by atoms with Crippen molar-refractivity contribution in [2.75, 3.05) is 18.6 Å². The van der Waals surface area contributed by atoms with Crippen molar-refractivity contribution in [1.82, 2.24) is 15.5 Å². The van der Waals surface area contributed by atoms with Crippen LogP contribution in [-0.2, 0) is 9.84 Å². The largest absolute Gasteiger partial charge is 0.354 e. The molecule has 0 radical (unpaired) electrons. The Bertz CT molecular complexity index is 824. The van der Waals surface area contributed by atoms with Crippen molar-refractivity contribution in [3.63, 3.8) is 0 Å². The van der Waals surface area contributed by atoms with Crippen LogP contribution in [0, 0.1) is 0 Å². The number of benzene rings is 1. The van der Waals surface area contributed by atoms with Crippen LogP contribution in [0.15, 0.2) is 35.2 Å². The average molecular weight is 341 g/mol. The van der Waals surface area contributed by atoms with Gasteiger partial charge in [-0.1, -0.05) is 23.7 Å². The summed E-state index contributed by atoms with van der Waals surface area (Å²) in [5, 5.41) is 12.7. The van der Waals surface area contributed by atoms with Gasteiger partial charge in [-0.25, -0.2) is 8.42 Å². The van der Waals surface area contributed by atoms with E-state index in [0.29, 0.717) is 5.69 Å². The summed E-state index contributed by atoms with van der Waals surface area (Å²) in [7, 11) is -1.98. The molecule has 0 fully saturated rings. The normalized spacial score (nSPS) is 11.0. The fourth-order valence-electron chi connectivity index (χ4n) is 1.79. The zero-order valence-electron chi connectivity index (χ0n) is 11.8. The van der Waals surface area contributed by atoms with Crippen LogP contribution in [0.5, 0.6) is 0 Å². The van der Waals surface area contributed by atoms with Crippen molar-refractivity contribution in [3.05, 3.63) is 41.2 Å². The minimum atomic E-state index is -3.43. The number of nitrogens with zero attached hydrogens (tertiary/aromatic N) is 2. The quantitative estimate of drug-likeness (QED) is 0.877. The van der Waals surface area contributed by atoms with Crippen LogP contribution in [0.3, 0.4) is 0 Å². The molecule has 7 nitrogen and oxygen atoms in total. The third-order valence-corrected chi connectivity index (χ3v) is 4.10. The van der Waals surface area contributed by atoms with Crippen LogP contribution in [0.1, 0.15) is 10.5 Å². The highest BCUT2D eigenvalue weighted by Gasteiger charge is 2.17. The second-order valence-electron chi connectivity index (χ2n) is 4.40. The summed E-state index contributed by atoms with van der Waals surface area (Å²) >= 11 is 5.80. The summed E-state index contributed by atoms with van der Waals surface area (Å²) in [6.07, 6.45) is 1.10. The number of sulfone groups is 1. The molecule has 0 spiro atoms. The minimum Gasteiger partial charge on any atom is -0.354 e. The van der Waals surface area contributed by atoms with Gasteiger partial charge in [0.25, 0.3) is 5.91 Å². The summed E-state index contributed by atoms with van der Waals surface area (Å²) in [6.45, 7) is 0. The number of aromatic nitrogens is 2. The Morgan fingerprint density at radius 2 is 1.86 bits per heavy atom. The van der Waals surface area contributed by atoms with E-state index < -0.39 is 15.7 Å². The van der Waals surface area contributed by atoms with Crippen LogP contribution in [-0.4, -0.2) is 37.8 Å². The summed E-state index contributed by atoms with van der Waals surface area (Å²) in [5.41, 5.74) is 0.588. The van der Waals surface area contributed by atoms with Crippen LogP contribution in [0.25, 0.3) is 0 Å². The van der Waals surface area contributed by atoms with E-state index >= 15 is 0 Å². The van der Waals surface area contributed by atoms with Gasteiger partial charge >= 0.3 is 0 Å². The molecule has 2 rings (SSSR count). The monoisotopic (exact) mass is 340 g/mol. The Morgan fingerprint density at radius 1 is 1.18 bits per heavy atom. The molecular weight excluding hydrogens is 328 g/mol. The summed E-state index contributed by atoms with van der Waals surface area (Å²) in [6, 6.07) is 7.73. The zero-order valence-corrected chi connectivity index (χ0v) is 13.4. The Hall–Kier alpha value is -2.19. The lowest BCUT2D eigenvalue weighted by Gasteiger charge is -2.13. The zero-order chi connectivity index (χ0) is 16.3. The van der Waals surface area contributed by atoms with Crippen LogP contribution >= 0.6 is 11.6 Å². The molecule has 1 aromatic carbocycles. The third-order valence-electron chi connectivity index (χ3n) is 2.76. The van der Waals surface area contributed by atoms with Crippen molar-refractivity contribution in [3.8, 4) is 0 Å². The Kier molecular flexibility index (Phi) is 4.62. The van der Waals surface area contributed by atoms with E-state index in [-0.39, 0.29) is 21.4 Å². The second kappa shape index (κ2) is 6.29. The van der Waals surface area contributed by atoms with Crippen molar-refractivity contribution in [2.24, 2.45) is 0 Å². The smallest absolute Gasteiger partial charge is 0.273 e. The number of anilines is 2. The first kappa shape index (κ1) is 16.2. The predicted molar refractivity (Wildman–Crippen MR) is 83.3 cm³/mol. The van der Waals surface area contributed by atoms with Crippen LogP contribution in [0.2, 0.25) is 5.15 Å². The molecule has 1 aromatic heterocycles. The number of para-hydroxylation sites is 1. The van der Waals surface area contributed by atoms with E-state index in [4.69, 9.17) is 11.6 Å². The summed E-state index contributed by atoms with van der Waals surface area (Å²) < 4.78 is 23.6. The van der Waals surface area contributed by atoms with Gasteiger partial charge in [-0.2, -0.15) is 0 Å². The molecule has 0 saturated carbocycles. The van der Waals surface area contributed by atoms with E-state index in [2.05, 4.69) is 20.8 Å². The van der Waals surface area contributed by atoms with Gasteiger partial charge in [0.2, 0.25) is 0 Å². The molecule has 0 aliphatic rings. The Balaban J connectivity index is 2.53. The second-order valence-corrected chi connectivity index (χ2v) is 6.77. The third kappa shape index (κ3) is 3.52. The molecular formula is C13H13ClN4O3S. The number of halogens is 1. The average Bonchev–Trinajstić information content (AvgIpc) is 2.46. The highest BCUT2D eigenvalue weighted by Crippen LogP contribution is 2.27. The molecule has 22 heavy (non-hydrogen) atoms. The number of carbonyl (C=O) groups is 1. The fraction of sp³-hybridized carbons (Fsp3) is 0.154. The standard InChI is InChI=1S/C13H13ClN4O3S/c1-15-13(19)12-9(7-11(14)17-18-12)16-8-5-3-4-6-10(8)22(2,20)21/h3-7H,1-2H3,(H,15,19)(H,16,17). The van der Waals surface area contributed by atoms with E-state index in [1.807, 2.05) is 0 Å². The molecule has 2 N–H and O–H groups in total. The molecule has 9 heteroatoms. The van der Waals surface area contributed by atoms with Crippen molar-refractivity contribution in [1.29, 1.82) is 0 Å². The maximum Gasteiger partial charge on any atom is 0.273 e. The van der Waals surface area contributed by atoms with E-state index in [1.165, 1.54) is 19.2 Å². The molecule has 0 atom stereocenters. The van der Waals surface area contributed by atoms with Gasteiger partial charge in [0.05, 0.1) is 16.3 Å². The first-order valence-electron chi connectivity index (χ1n) is 6.14. The van der Waals surface area contributed by atoms with Gasteiger partial charge in [-0.15, -0.1) is 10.2 Å². The van der Waals surface area contributed by atoms with E-state index in [0.717, 1.165) is 6.26 Å². The number of hydrogen-bond acceptors (Lipinski definition) is 6. The number of nitrogens with one attached hydrogen (secondary N) is 2. The van der Waals surface area contributed by atoms with E-state index in [9.17, 15) is 13.2 Å². The predicted octanol–water partition coefficient (Wildman–Crippen LogP) is 1.64. The summed E-state index contributed by atoms with van der Waals surface area (Å²) in [5.74, 6) is -0.469. The Labute approximate surface area is 132 Å². The fourth-order valence-corrected chi connectivity index (χ4v) is 2.78. The molecule has 116 valence electrons. The molecule has 0 bridgehead atoms. The highest BCUT2D eigenvalue weighted by molar-refractivity contribution is 7.90. The molecule has 0 saturated heterocycles. The maximum absolute atomic E-state index is 11.8. The van der Waals surface area contributed by atoms with Gasteiger partial charge in [0.1, 0.15) is 0 Å². The SMILES string of the molecule is CNC(=O)c1nnc(Cl)cc1Nc1ccccc1S(C)(=O)=O. The number of hydrogen-bond donors (Lipinski definition) is 2. The first-order chi connectivity index (χ1) is 10.3. The lowest BCUT2D eigenvalue weighted by atomic mass is 10.2.